The van der Waals surface area contributed by atoms with Crippen LogP contribution in [0, 0.1) is 0 Å². The van der Waals surface area contributed by atoms with E-state index < -0.39 is 0 Å². The van der Waals surface area contributed by atoms with E-state index in [1.54, 1.807) is 18.2 Å². The van der Waals surface area contributed by atoms with Gasteiger partial charge in [0.2, 0.25) is 0 Å². The minimum atomic E-state index is 0.136. The summed E-state index contributed by atoms with van der Waals surface area (Å²) in [6.45, 7) is 4.14. The molecule has 0 saturated heterocycles. The lowest BCUT2D eigenvalue weighted by atomic mass is 10.2. The van der Waals surface area contributed by atoms with Crippen LogP contribution in [0.3, 0.4) is 0 Å². The van der Waals surface area contributed by atoms with E-state index in [-0.39, 0.29) is 6.10 Å². The lowest BCUT2D eigenvalue weighted by Crippen LogP contribution is -2.16. The Balaban J connectivity index is 2.92. The summed E-state index contributed by atoms with van der Waals surface area (Å²) in [4.78, 5) is 0.329. The molecular formula is C12H16ClNOS. The monoisotopic (exact) mass is 257 g/mol. The summed E-state index contributed by atoms with van der Waals surface area (Å²) >= 11 is 10.9. The Morgan fingerprint density at radius 2 is 2.25 bits per heavy atom. The number of hydrogen-bond donors (Lipinski definition) is 1. The Kier molecular flexibility index (Phi) is 5.03. The summed E-state index contributed by atoms with van der Waals surface area (Å²) in [5.41, 5.74) is 6.36. The maximum Gasteiger partial charge on any atom is 0.131 e. The van der Waals surface area contributed by atoms with Gasteiger partial charge in [0, 0.05) is 5.02 Å². The highest BCUT2D eigenvalue weighted by molar-refractivity contribution is 7.80. The number of ether oxygens (including phenoxy) is 1. The third kappa shape index (κ3) is 3.65. The molecule has 0 aliphatic carbocycles. The highest BCUT2D eigenvalue weighted by atomic mass is 35.5. The van der Waals surface area contributed by atoms with Gasteiger partial charge in [-0.1, -0.05) is 37.2 Å². The molecule has 0 aliphatic heterocycles. The third-order valence-corrected chi connectivity index (χ3v) is 2.69. The number of hydrogen-bond acceptors (Lipinski definition) is 2. The van der Waals surface area contributed by atoms with Crippen LogP contribution in [-0.4, -0.2) is 11.1 Å². The van der Waals surface area contributed by atoms with E-state index >= 15 is 0 Å². The molecule has 0 fully saturated rings. The second-order valence-electron chi connectivity index (χ2n) is 3.72. The molecule has 0 radical (unpaired) electrons. The molecule has 1 aromatic carbocycles. The maximum absolute atomic E-state index is 5.92. The zero-order valence-corrected chi connectivity index (χ0v) is 11.1. The van der Waals surface area contributed by atoms with Crippen LogP contribution in [0.2, 0.25) is 5.02 Å². The molecule has 0 amide bonds. The summed E-state index contributed by atoms with van der Waals surface area (Å²) in [5, 5.41) is 0.624. The van der Waals surface area contributed by atoms with Gasteiger partial charge in [0.25, 0.3) is 0 Å². The van der Waals surface area contributed by atoms with Gasteiger partial charge in [-0.2, -0.15) is 0 Å². The number of benzene rings is 1. The van der Waals surface area contributed by atoms with Gasteiger partial charge in [0.05, 0.1) is 11.7 Å². The van der Waals surface area contributed by atoms with Crippen LogP contribution >= 0.6 is 23.8 Å². The van der Waals surface area contributed by atoms with Gasteiger partial charge in [0.15, 0.2) is 0 Å². The van der Waals surface area contributed by atoms with Crippen molar-refractivity contribution in [1.29, 1.82) is 0 Å². The van der Waals surface area contributed by atoms with E-state index in [2.05, 4.69) is 6.92 Å². The molecule has 0 spiro atoms. The number of halogens is 1. The molecule has 16 heavy (non-hydrogen) atoms. The fraction of sp³-hybridized carbons (Fsp3) is 0.417. The fourth-order valence-corrected chi connectivity index (χ4v) is 1.81. The van der Waals surface area contributed by atoms with Crippen molar-refractivity contribution in [2.45, 2.75) is 32.8 Å². The fourth-order valence-electron chi connectivity index (χ4n) is 1.48. The average molecular weight is 258 g/mol. The van der Waals surface area contributed by atoms with Crippen LogP contribution in [-0.2, 0) is 0 Å². The Morgan fingerprint density at radius 3 is 2.81 bits per heavy atom. The Morgan fingerprint density at radius 1 is 1.56 bits per heavy atom. The van der Waals surface area contributed by atoms with Gasteiger partial charge < -0.3 is 10.5 Å². The van der Waals surface area contributed by atoms with Crippen LogP contribution in [0.5, 0.6) is 5.75 Å². The quantitative estimate of drug-likeness (QED) is 0.820. The van der Waals surface area contributed by atoms with E-state index in [9.17, 15) is 0 Å². The Bertz CT molecular complexity index is 381. The normalized spacial score (nSPS) is 12.2. The van der Waals surface area contributed by atoms with Gasteiger partial charge in [-0.05, 0) is 31.5 Å². The summed E-state index contributed by atoms with van der Waals surface area (Å²) < 4.78 is 5.78. The van der Waals surface area contributed by atoms with Crippen LogP contribution in [0.15, 0.2) is 18.2 Å². The van der Waals surface area contributed by atoms with Crippen molar-refractivity contribution in [1.82, 2.24) is 0 Å². The summed E-state index contributed by atoms with van der Waals surface area (Å²) in [6.07, 6.45) is 2.20. The van der Waals surface area contributed by atoms with E-state index in [1.807, 2.05) is 6.92 Å². The Labute approximate surface area is 107 Å². The van der Waals surface area contributed by atoms with Crippen molar-refractivity contribution in [3.63, 3.8) is 0 Å². The van der Waals surface area contributed by atoms with Crippen LogP contribution in [0.4, 0.5) is 0 Å². The summed E-state index contributed by atoms with van der Waals surface area (Å²) in [5.74, 6) is 0.668. The molecule has 0 aromatic heterocycles. The molecule has 1 atom stereocenters. The maximum atomic E-state index is 5.92. The first kappa shape index (κ1) is 13.3. The van der Waals surface area contributed by atoms with Crippen LogP contribution in [0.1, 0.15) is 32.3 Å². The predicted molar refractivity (Wildman–Crippen MR) is 72.3 cm³/mol. The standard InChI is InChI=1S/C12H16ClNOS/c1-3-4-8(2)15-11-7-9(13)5-6-10(11)12(14)16/h5-8H,3-4H2,1-2H3,(H2,14,16). The van der Waals surface area contributed by atoms with Gasteiger partial charge in [-0.15, -0.1) is 0 Å². The number of thiocarbonyl (C=S) groups is 1. The van der Waals surface area contributed by atoms with Crippen molar-refractivity contribution in [3.05, 3.63) is 28.8 Å². The van der Waals surface area contributed by atoms with E-state index in [4.69, 9.17) is 34.3 Å². The molecule has 1 unspecified atom stereocenters. The lowest BCUT2D eigenvalue weighted by molar-refractivity contribution is 0.209. The number of nitrogens with two attached hydrogens (primary N) is 1. The van der Waals surface area contributed by atoms with Crippen molar-refractivity contribution in [2.24, 2.45) is 5.73 Å². The molecule has 1 rings (SSSR count). The molecule has 1 aromatic rings. The summed E-state index contributed by atoms with van der Waals surface area (Å²) in [6, 6.07) is 5.30. The first-order valence-corrected chi connectivity index (χ1v) is 6.09. The topological polar surface area (TPSA) is 35.2 Å². The first-order chi connectivity index (χ1) is 7.54. The summed E-state index contributed by atoms with van der Waals surface area (Å²) in [7, 11) is 0. The SMILES string of the molecule is CCCC(C)Oc1cc(Cl)ccc1C(N)=S. The van der Waals surface area contributed by atoms with Crippen molar-refractivity contribution in [3.8, 4) is 5.75 Å². The molecule has 2 nitrogen and oxygen atoms in total. The smallest absolute Gasteiger partial charge is 0.131 e. The molecule has 4 heteroatoms. The van der Waals surface area contributed by atoms with Gasteiger partial charge in [0.1, 0.15) is 10.7 Å². The minimum absolute atomic E-state index is 0.136. The molecule has 2 N–H and O–H groups in total. The molecule has 0 saturated carbocycles. The molecule has 0 bridgehead atoms. The first-order valence-electron chi connectivity index (χ1n) is 5.30. The van der Waals surface area contributed by atoms with Crippen molar-refractivity contribution < 1.29 is 4.74 Å². The van der Waals surface area contributed by atoms with Crippen LogP contribution in [0.25, 0.3) is 0 Å². The highest BCUT2D eigenvalue weighted by Gasteiger charge is 2.10. The van der Waals surface area contributed by atoms with Crippen molar-refractivity contribution >= 4 is 28.8 Å². The van der Waals surface area contributed by atoms with Gasteiger partial charge in [-0.3, -0.25) is 0 Å². The van der Waals surface area contributed by atoms with E-state index in [0.717, 1.165) is 18.4 Å². The lowest BCUT2D eigenvalue weighted by Gasteiger charge is -2.16. The molecule has 0 aliphatic rings. The van der Waals surface area contributed by atoms with Crippen molar-refractivity contribution in [2.75, 3.05) is 0 Å². The molecule has 88 valence electrons. The van der Waals surface area contributed by atoms with Gasteiger partial charge in [-0.25, -0.2) is 0 Å². The zero-order chi connectivity index (χ0) is 12.1. The number of rotatable bonds is 5. The van der Waals surface area contributed by atoms with E-state index in [0.29, 0.717) is 15.8 Å². The second-order valence-corrected chi connectivity index (χ2v) is 4.60. The predicted octanol–water partition coefficient (Wildman–Crippen LogP) is 3.54. The second kappa shape index (κ2) is 6.06. The highest BCUT2D eigenvalue weighted by Crippen LogP contribution is 2.25. The zero-order valence-electron chi connectivity index (χ0n) is 9.50. The van der Waals surface area contributed by atoms with Gasteiger partial charge >= 0.3 is 0 Å². The molecule has 0 heterocycles. The van der Waals surface area contributed by atoms with E-state index in [1.165, 1.54) is 0 Å². The third-order valence-electron chi connectivity index (χ3n) is 2.23. The van der Waals surface area contributed by atoms with Crippen LogP contribution < -0.4 is 10.5 Å². The average Bonchev–Trinajstić information content (AvgIpc) is 2.17. The Hall–Kier alpha value is -0.800. The minimum Gasteiger partial charge on any atom is -0.490 e. The molecular weight excluding hydrogens is 242 g/mol. The largest absolute Gasteiger partial charge is 0.490 e.